The van der Waals surface area contributed by atoms with Crippen molar-refractivity contribution in [3.8, 4) is 5.75 Å². The monoisotopic (exact) mass is 435 g/mol. The van der Waals surface area contributed by atoms with Gasteiger partial charge in [-0.3, -0.25) is 4.79 Å². The molecule has 1 aromatic heterocycles. The number of hydrogen-bond acceptors (Lipinski definition) is 6. The molecule has 1 saturated heterocycles. The molecule has 1 N–H and O–H groups in total. The Morgan fingerprint density at radius 2 is 1.81 bits per heavy atom. The van der Waals surface area contributed by atoms with Crippen molar-refractivity contribution in [1.29, 1.82) is 0 Å². The molecule has 8 nitrogen and oxygen atoms in total. The summed E-state index contributed by atoms with van der Waals surface area (Å²) >= 11 is 0. The SMILES string of the molecule is COc1ccc(C(O)Cn2cnc(C(=O)N3CCN(c4cccc(C)c4C)CC3)n2)cc1. The van der Waals surface area contributed by atoms with E-state index in [9.17, 15) is 9.90 Å². The number of amides is 1. The van der Waals surface area contributed by atoms with Crippen molar-refractivity contribution in [1.82, 2.24) is 19.7 Å². The molecule has 1 amide bonds. The number of benzene rings is 2. The van der Waals surface area contributed by atoms with Crippen LogP contribution in [0.1, 0.15) is 33.4 Å². The predicted octanol–water partition coefficient (Wildman–Crippen LogP) is 2.60. The van der Waals surface area contributed by atoms with Gasteiger partial charge in [-0.25, -0.2) is 9.67 Å². The summed E-state index contributed by atoms with van der Waals surface area (Å²) in [6.45, 7) is 7.25. The van der Waals surface area contributed by atoms with Crippen molar-refractivity contribution in [3.05, 3.63) is 71.3 Å². The lowest BCUT2D eigenvalue weighted by atomic mass is 10.1. The zero-order chi connectivity index (χ0) is 22.7. The average Bonchev–Trinajstić information content (AvgIpc) is 3.29. The first-order valence-electron chi connectivity index (χ1n) is 10.8. The molecule has 1 aliphatic heterocycles. The van der Waals surface area contributed by atoms with E-state index in [1.54, 1.807) is 24.1 Å². The number of nitrogens with zero attached hydrogens (tertiary/aromatic N) is 5. The van der Waals surface area contributed by atoms with Crippen LogP contribution in [0.5, 0.6) is 5.75 Å². The lowest BCUT2D eigenvalue weighted by Gasteiger charge is -2.36. The topological polar surface area (TPSA) is 83.7 Å². The fourth-order valence-corrected chi connectivity index (χ4v) is 3.96. The highest BCUT2D eigenvalue weighted by molar-refractivity contribution is 5.90. The van der Waals surface area contributed by atoms with Gasteiger partial charge in [-0.05, 0) is 48.7 Å². The minimum Gasteiger partial charge on any atom is -0.497 e. The highest BCUT2D eigenvalue weighted by atomic mass is 16.5. The second kappa shape index (κ2) is 9.40. The van der Waals surface area contributed by atoms with Gasteiger partial charge in [0.15, 0.2) is 0 Å². The molecular weight excluding hydrogens is 406 g/mol. The first-order chi connectivity index (χ1) is 15.5. The van der Waals surface area contributed by atoms with Crippen LogP contribution in [0, 0.1) is 13.8 Å². The first kappa shape index (κ1) is 21.8. The molecule has 3 aromatic rings. The maximum Gasteiger partial charge on any atom is 0.293 e. The van der Waals surface area contributed by atoms with Crippen LogP contribution >= 0.6 is 0 Å². The molecule has 168 valence electrons. The van der Waals surface area contributed by atoms with Crippen LogP contribution < -0.4 is 9.64 Å². The van der Waals surface area contributed by atoms with Gasteiger partial charge in [0.05, 0.1) is 19.8 Å². The van der Waals surface area contributed by atoms with E-state index in [1.165, 1.54) is 27.8 Å². The molecule has 2 heterocycles. The van der Waals surface area contributed by atoms with Crippen LogP contribution in [0.15, 0.2) is 48.8 Å². The summed E-state index contributed by atoms with van der Waals surface area (Å²) in [5.74, 6) is 0.711. The zero-order valence-corrected chi connectivity index (χ0v) is 18.7. The number of methoxy groups -OCH3 is 1. The third-order valence-corrected chi connectivity index (χ3v) is 6.07. The van der Waals surface area contributed by atoms with E-state index in [-0.39, 0.29) is 18.3 Å². The van der Waals surface area contributed by atoms with Gasteiger partial charge < -0.3 is 19.6 Å². The van der Waals surface area contributed by atoms with Gasteiger partial charge in [-0.2, -0.15) is 0 Å². The molecule has 2 aromatic carbocycles. The minimum absolute atomic E-state index is 0.159. The summed E-state index contributed by atoms with van der Waals surface area (Å²) < 4.78 is 6.65. The maximum absolute atomic E-state index is 12.9. The molecule has 4 rings (SSSR count). The number of hydrogen-bond donors (Lipinski definition) is 1. The van der Waals surface area contributed by atoms with E-state index in [0.717, 1.165) is 24.4 Å². The van der Waals surface area contributed by atoms with Crippen molar-refractivity contribution >= 4 is 11.6 Å². The Balaban J connectivity index is 1.35. The Bertz CT molecular complexity index is 1070. The largest absolute Gasteiger partial charge is 0.497 e. The van der Waals surface area contributed by atoms with Crippen molar-refractivity contribution in [3.63, 3.8) is 0 Å². The molecule has 0 saturated carbocycles. The van der Waals surface area contributed by atoms with E-state index in [0.29, 0.717) is 13.1 Å². The van der Waals surface area contributed by atoms with E-state index in [2.05, 4.69) is 47.0 Å². The molecular formula is C24H29N5O3. The van der Waals surface area contributed by atoms with Gasteiger partial charge in [0.2, 0.25) is 5.82 Å². The number of aryl methyl sites for hydroxylation is 1. The van der Waals surface area contributed by atoms with Crippen molar-refractivity contribution < 1.29 is 14.6 Å². The number of aliphatic hydroxyl groups is 1. The Labute approximate surface area is 188 Å². The third-order valence-electron chi connectivity index (χ3n) is 6.07. The number of aliphatic hydroxyl groups excluding tert-OH is 1. The summed E-state index contributed by atoms with van der Waals surface area (Å²) in [6, 6.07) is 13.5. The van der Waals surface area contributed by atoms with Gasteiger partial charge in [0.25, 0.3) is 5.91 Å². The molecule has 0 radical (unpaired) electrons. The number of carbonyl (C=O) groups excluding carboxylic acids is 1. The van der Waals surface area contributed by atoms with E-state index >= 15 is 0 Å². The molecule has 1 fully saturated rings. The van der Waals surface area contributed by atoms with Crippen LogP contribution in [0.3, 0.4) is 0 Å². The number of carbonyl (C=O) groups is 1. The van der Waals surface area contributed by atoms with Crippen LogP contribution in [-0.2, 0) is 6.54 Å². The number of aromatic nitrogens is 3. The van der Waals surface area contributed by atoms with Gasteiger partial charge in [0.1, 0.15) is 12.1 Å². The maximum atomic E-state index is 12.9. The molecule has 0 aliphatic carbocycles. The van der Waals surface area contributed by atoms with Crippen LogP contribution in [0.25, 0.3) is 0 Å². The second-order valence-corrected chi connectivity index (χ2v) is 8.08. The van der Waals surface area contributed by atoms with Gasteiger partial charge in [-0.1, -0.05) is 24.3 Å². The van der Waals surface area contributed by atoms with Crippen LogP contribution in [-0.4, -0.2) is 64.0 Å². The lowest BCUT2D eigenvalue weighted by Crippen LogP contribution is -2.49. The standard InChI is InChI=1S/C24H29N5O3/c1-17-5-4-6-21(18(17)2)27-11-13-28(14-12-27)24(31)23-25-16-29(26-23)15-22(30)19-7-9-20(32-3)10-8-19/h4-10,16,22,30H,11-15H2,1-3H3. The Morgan fingerprint density at radius 3 is 2.50 bits per heavy atom. The summed E-state index contributed by atoms with van der Waals surface area (Å²) in [6.07, 6.45) is 0.735. The van der Waals surface area contributed by atoms with Crippen molar-refractivity contribution in [2.75, 3.05) is 38.2 Å². The Hall–Kier alpha value is -3.39. The Morgan fingerprint density at radius 1 is 1.09 bits per heavy atom. The predicted molar refractivity (Wildman–Crippen MR) is 122 cm³/mol. The Kier molecular flexibility index (Phi) is 6.41. The van der Waals surface area contributed by atoms with E-state index in [4.69, 9.17) is 4.74 Å². The number of anilines is 1. The fourth-order valence-electron chi connectivity index (χ4n) is 3.96. The quantitative estimate of drug-likeness (QED) is 0.641. The number of rotatable bonds is 6. The van der Waals surface area contributed by atoms with Crippen LogP contribution in [0.4, 0.5) is 5.69 Å². The smallest absolute Gasteiger partial charge is 0.293 e. The van der Waals surface area contributed by atoms with E-state index < -0.39 is 6.10 Å². The molecule has 0 bridgehead atoms. The van der Waals surface area contributed by atoms with Crippen molar-refractivity contribution in [2.24, 2.45) is 0 Å². The third kappa shape index (κ3) is 4.60. The number of ether oxygens (including phenoxy) is 1. The molecule has 32 heavy (non-hydrogen) atoms. The highest BCUT2D eigenvalue weighted by Gasteiger charge is 2.25. The molecule has 1 unspecified atom stereocenters. The summed E-state index contributed by atoms with van der Waals surface area (Å²) in [7, 11) is 1.60. The molecule has 0 spiro atoms. The molecule has 8 heteroatoms. The fraction of sp³-hybridized carbons (Fsp3) is 0.375. The number of piperazine rings is 1. The molecule has 1 aliphatic rings. The molecule has 1 atom stereocenters. The summed E-state index contributed by atoms with van der Waals surface area (Å²) in [5.41, 5.74) is 4.53. The summed E-state index contributed by atoms with van der Waals surface area (Å²) in [5, 5.41) is 14.8. The zero-order valence-electron chi connectivity index (χ0n) is 18.7. The minimum atomic E-state index is -0.758. The van der Waals surface area contributed by atoms with Crippen molar-refractivity contribution in [2.45, 2.75) is 26.5 Å². The van der Waals surface area contributed by atoms with E-state index in [1.807, 2.05) is 12.1 Å². The summed E-state index contributed by atoms with van der Waals surface area (Å²) in [4.78, 5) is 21.2. The second-order valence-electron chi connectivity index (χ2n) is 8.08. The average molecular weight is 436 g/mol. The highest BCUT2D eigenvalue weighted by Crippen LogP contribution is 2.24. The van der Waals surface area contributed by atoms with Gasteiger partial charge >= 0.3 is 0 Å². The first-order valence-corrected chi connectivity index (χ1v) is 10.8. The van der Waals surface area contributed by atoms with Gasteiger partial charge in [-0.15, -0.1) is 5.10 Å². The van der Waals surface area contributed by atoms with Gasteiger partial charge in [0, 0.05) is 31.9 Å². The normalized spacial score (nSPS) is 15.0. The van der Waals surface area contributed by atoms with Crippen LogP contribution in [0.2, 0.25) is 0 Å². The lowest BCUT2D eigenvalue weighted by molar-refractivity contribution is 0.0733.